The number of carbonyl (C=O) groups is 2. The fourth-order valence-corrected chi connectivity index (χ4v) is 3.72. The first kappa shape index (κ1) is 18.8. The van der Waals surface area contributed by atoms with Crippen LogP contribution in [0.5, 0.6) is 0 Å². The van der Waals surface area contributed by atoms with Gasteiger partial charge in [0.05, 0.1) is 17.1 Å². The molecule has 0 N–H and O–H groups in total. The quantitative estimate of drug-likeness (QED) is 0.497. The van der Waals surface area contributed by atoms with Crippen LogP contribution in [-0.4, -0.2) is 16.6 Å². The Hall–Kier alpha value is -2.01. The van der Waals surface area contributed by atoms with Crippen LogP contribution in [0.1, 0.15) is 27.9 Å². The Balaban J connectivity index is 1.73. The first-order chi connectivity index (χ1) is 12.4. The molecule has 0 fully saturated rings. The first-order valence-corrected chi connectivity index (χ1v) is 9.57. The number of ketones is 2. The van der Waals surface area contributed by atoms with Gasteiger partial charge < -0.3 is 0 Å². The van der Waals surface area contributed by atoms with Gasteiger partial charge in [0, 0.05) is 28.0 Å². The third-order valence-electron chi connectivity index (χ3n) is 3.80. The molecule has 6 heteroatoms. The molecular formula is C20H15Cl2NO2S. The number of Topliss-reactive ketones (excluding diaryl/α,β-unsaturated/α-hetero) is 2. The van der Waals surface area contributed by atoms with Crippen molar-refractivity contribution in [2.75, 3.05) is 0 Å². The molecule has 1 heterocycles. The van der Waals surface area contributed by atoms with E-state index in [9.17, 15) is 9.59 Å². The van der Waals surface area contributed by atoms with Gasteiger partial charge in [0.1, 0.15) is 10.8 Å². The SMILES string of the molecule is CC(=O)Cc1ccc(C(=O)Cc2nc(-c3cc(Cl)ccc3Cl)cs2)cc1. The van der Waals surface area contributed by atoms with E-state index in [0.717, 1.165) is 11.1 Å². The Labute approximate surface area is 165 Å². The molecule has 0 radical (unpaired) electrons. The lowest BCUT2D eigenvalue weighted by Crippen LogP contribution is -2.04. The molecule has 2 aromatic carbocycles. The molecule has 26 heavy (non-hydrogen) atoms. The average Bonchev–Trinajstić information content (AvgIpc) is 3.05. The summed E-state index contributed by atoms with van der Waals surface area (Å²) in [4.78, 5) is 28.1. The van der Waals surface area contributed by atoms with E-state index in [0.29, 0.717) is 32.7 Å². The highest BCUT2D eigenvalue weighted by atomic mass is 35.5. The minimum absolute atomic E-state index is 0.0162. The molecule has 0 unspecified atom stereocenters. The summed E-state index contributed by atoms with van der Waals surface area (Å²) in [6.07, 6.45) is 0.597. The molecule has 1 aromatic heterocycles. The highest BCUT2D eigenvalue weighted by molar-refractivity contribution is 7.10. The van der Waals surface area contributed by atoms with Crippen molar-refractivity contribution in [2.24, 2.45) is 0 Å². The number of halogens is 2. The van der Waals surface area contributed by atoms with E-state index in [1.807, 2.05) is 17.5 Å². The molecule has 0 spiro atoms. The van der Waals surface area contributed by atoms with E-state index >= 15 is 0 Å². The van der Waals surface area contributed by atoms with E-state index in [1.165, 1.54) is 11.3 Å². The van der Waals surface area contributed by atoms with Crippen LogP contribution >= 0.6 is 34.5 Å². The van der Waals surface area contributed by atoms with Crippen molar-refractivity contribution in [1.82, 2.24) is 4.98 Å². The van der Waals surface area contributed by atoms with Gasteiger partial charge in [-0.1, -0.05) is 47.5 Å². The molecule has 3 rings (SSSR count). The topological polar surface area (TPSA) is 47.0 Å². The zero-order valence-electron chi connectivity index (χ0n) is 14.0. The summed E-state index contributed by atoms with van der Waals surface area (Å²) in [6.45, 7) is 1.55. The van der Waals surface area contributed by atoms with Crippen LogP contribution in [0.2, 0.25) is 10.0 Å². The molecule has 0 atom stereocenters. The molecule has 0 aliphatic rings. The lowest BCUT2D eigenvalue weighted by Gasteiger charge is -2.02. The van der Waals surface area contributed by atoms with E-state index < -0.39 is 0 Å². The highest BCUT2D eigenvalue weighted by Crippen LogP contribution is 2.31. The standard InChI is InChI=1S/C20H15Cl2NO2S/c1-12(24)8-13-2-4-14(5-3-13)19(25)10-20-23-18(11-26-20)16-9-15(21)6-7-17(16)22/h2-7,9,11H,8,10H2,1H3. The Bertz CT molecular complexity index is 964. The third kappa shape index (κ3) is 4.58. The summed E-state index contributed by atoms with van der Waals surface area (Å²) in [7, 11) is 0. The van der Waals surface area contributed by atoms with Crippen molar-refractivity contribution >= 4 is 46.1 Å². The fourth-order valence-electron chi connectivity index (χ4n) is 2.54. The highest BCUT2D eigenvalue weighted by Gasteiger charge is 2.13. The largest absolute Gasteiger partial charge is 0.300 e. The zero-order valence-corrected chi connectivity index (χ0v) is 16.3. The summed E-state index contributed by atoms with van der Waals surface area (Å²) in [5, 5.41) is 3.74. The van der Waals surface area contributed by atoms with Crippen molar-refractivity contribution in [3.8, 4) is 11.3 Å². The van der Waals surface area contributed by atoms with Gasteiger partial charge in [-0.15, -0.1) is 11.3 Å². The maximum Gasteiger partial charge on any atom is 0.169 e. The summed E-state index contributed by atoms with van der Waals surface area (Å²) in [6, 6.07) is 12.3. The van der Waals surface area contributed by atoms with Gasteiger partial charge in [0.25, 0.3) is 0 Å². The predicted octanol–water partition coefficient (Wildman–Crippen LogP) is 5.67. The van der Waals surface area contributed by atoms with Crippen LogP contribution in [0, 0.1) is 0 Å². The number of hydrogen-bond donors (Lipinski definition) is 0. The van der Waals surface area contributed by atoms with E-state index in [1.54, 1.807) is 37.3 Å². The van der Waals surface area contributed by atoms with Crippen molar-refractivity contribution in [3.05, 3.63) is 74.0 Å². The number of rotatable bonds is 6. The van der Waals surface area contributed by atoms with Gasteiger partial charge >= 0.3 is 0 Å². The summed E-state index contributed by atoms with van der Waals surface area (Å²) in [5.41, 5.74) is 2.97. The molecule has 0 saturated carbocycles. The number of aromatic nitrogens is 1. The van der Waals surface area contributed by atoms with Crippen LogP contribution in [0.15, 0.2) is 47.8 Å². The molecule has 0 aliphatic heterocycles. The fraction of sp³-hybridized carbons (Fsp3) is 0.150. The maximum atomic E-state index is 12.5. The first-order valence-electron chi connectivity index (χ1n) is 7.94. The smallest absolute Gasteiger partial charge is 0.169 e. The van der Waals surface area contributed by atoms with E-state index in [-0.39, 0.29) is 18.0 Å². The van der Waals surface area contributed by atoms with E-state index in [4.69, 9.17) is 23.2 Å². The van der Waals surface area contributed by atoms with Gasteiger partial charge in [0.15, 0.2) is 5.78 Å². The van der Waals surface area contributed by atoms with Gasteiger partial charge in [-0.05, 0) is 30.7 Å². The van der Waals surface area contributed by atoms with Crippen molar-refractivity contribution in [1.29, 1.82) is 0 Å². The number of thiazole rings is 1. The second-order valence-electron chi connectivity index (χ2n) is 5.93. The zero-order chi connectivity index (χ0) is 18.7. The van der Waals surface area contributed by atoms with E-state index in [2.05, 4.69) is 4.98 Å². The van der Waals surface area contributed by atoms with Crippen LogP contribution in [0.3, 0.4) is 0 Å². The maximum absolute atomic E-state index is 12.5. The van der Waals surface area contributed by atoms with Gasteiger partial charge in [-0.3, -0.25) is 9.59 Å². The third-order valence-corrected chi connectivity index (χ3v) is 5.21. The van der Waals surface area contributed by atoms with Gasteiger partial charge in [-0.2, -0.15) is 0 Å². The van der Waals surface area contributed by atoms with Gasteiger partial charge in [0.2, 0.25) is 0 Å². The normalized spacial score (nSPS) is 10.7. The molecule has 3 nitrogen and oxygen atoms in total. The number of nitrogens with zero attached hydrogens (tertiary/aromatic N) is 1. The Morgan fingerprint density at radius 1 is 1.04 bits per heavy atom. The molecule has 0 amide bonds. The Kier molecular flexibility index (Phi) is 5.87. The molecule has 0 bridgehead atoms. The van der Waals surface area contributed by atoms with Crippen molar-refractivity contribution in [2.45, 2.75) is 19.8 Å². The summed E-state index contributed by atoms with van der Waals surface area (Å²) < 4.78 is 0. The second-order valence-corrected chi connectivity index (χ2v) is 7.71. The molecule has 0 saturated heterocycles. The average molecular weight is 404 g/mol. The number of benzene rings is 2. The van der Waals surface area contributed by atoms with Crippen LogP contribution in [-0.2, 0) is 17.6 Å². The number of carbonyl (C=O) groups excluding carboxylic acids is 2. The summed E-state index contributed by atoms with van der Waals surface area (Å²) >= 11 is 13.6. The predicted molar refractivity (Wildman–Crippen MR) is 106 cm³/mol. The Morgan fingerprint density at radius 2 is 1.77 bits per heavy atom. The molecule has 0 aliphatic carbocycles. The van der Waals surface area contributed by atoms with Crippen LogP contribution < -0.4 is 0 Å². The lowest BCUT2D eigenvalue weighted by molar-refractivity contribution is -0.116. The van der Waals surface area contributed by atoms with Crippen LogP contribution in [0.4, 0.5) is 0 Å². The minimum atomic E-state index is -0.0162. The summed E-state index contributed by atoms with van der Waals surface area (Å²) in [5.74, 6) is 0.0801. The molecule has 3 aromatic rings. The van der Waals surface area contributed by atoms with Crippen molar-refractivity contribution in [3.63, 3.8) is 0 Å². The van der Waals surface area contributed by atoms with Gasteiger partial charge in [-0.25, -0.2) is 4.98 Å². The van der Waals surface area contributed by atoms with Crippen LogP contribution in [0.25, 0.3) is 11.3 Å². The number of hydrogen-bond acceptors (Lipinski definition) is 4. The molecule has 132 valence electrons. The lowest BCUT2D eigenvalue weighted by atomic mass is 10.0. The van der Waals surface area contributed by atoms with Crippen molar-refractivity contribution < 1.29 is 9.59 Å². The molecular weight excluding hydrogens is 389 g/mol. The minimum Gasteiger partial charge on any atom is -0.300 e. The Morgan fingerprint density at radius 3 is 2.46 bits per heavy atom. The second kappa shape index (κ2) is 8.12. The monoisotopic (exact) mass is 403 g/mol.